The van der Waals surface area contributed by atoms with Crippen molar-refractivity contribution in [2.75, 3.05) is 0 Å². The first-order valence-electron chi connectivity index (χ1n) is 6.88. The smallest absolute Gasteiger partial charge is 0.248 e. The Bertz CT molecular complexity index is 640. The maximum atomic E-state index is 11.2. The van der Waals surface area contributed by atoms with Crippen LogP contribution in [-0.4, -0.2) is 11.0 Å². The van der Waals surface area contributed by atoms with E-state index in [4.69, 9.17) is 5.73 Å². The van der Waals surface area contributed by atoms with Gasteiger partial charge in [0.2, 0.25) is 5.91 Å². The zero-order valence-corrected chi connectivity index (χ0v) is 12.2. The molecule has 0 fully saturated rings. The normalized spacial score (nSPS) is 13.7. The SMILES string of the molecule is Cc1cccc(C(O)NC(C)c2cccc(C(N)=O)c2)c1. The van der Waals surface area contributed by atoms with Crippen molar-refractivity contribution in [1.82, 2.24) is 5.32 Å². The molecule has 0 aliphatic heterocycles. The number of aliphatic hydroxyl groups is 1. The molecule has 2 rings (SSSR count). The summed E-state index contributed by atoms with van der Waals surface area (Å²) in [5.74, 6) is -0.455. The highest BCUT2D eigenvalue weighted by Gasteiger charge is 2.13. The van der Waals surface area contributed by atoms with Crippen LogP contribution in [0.2, 0.25) is 0 Å². The van der Waals surface area contributed by atoms with Gasteiger partial charge in [-0.25, -0.2) is 0 Å². The van der Waals surface area contributed by atoms with Crippen LogP contribution in [-0.2, 0) is 0 Å². The van der Waals surface area contributed by atoms with Crippen LogP contribution in [0, 0.1) is 6.92 Å². The van der Waals surface area contributed by atoms with E-state index in [0.717, 1.165) is 16.7 Å². The minimum atomic E-state index is -0.767. The Morgan fingerprint density at radius 3 is 2.48 bits per heavy atom. The van der Waals surface area contributed by atoms with Crippen LogP contribution in [0.5, 0.6) is 0 Å². The molecule has 21 heavy (non-hydrogen) atoms. The summed E-state index contributed by atoms with van der Waals surface area (Å²) in [5.41, 5.74) is 8.56. The molecule has 2 unspecified atom stereocenters. The molecule has 0 spiro atoms. The largest absolute Gasteiger partial charge is 0.374 e. The van der Waals surface area contributed by atoms with E-state index in [1.807, 2.05) is 44.2 Å². The van der Waals surface area contributed by atoms with Gasteiger partial charge in [-0.1, -0.05) is 42.0 Å². The maximum Gasteiger partial charge on any atom is 0.248 e. The molecule has 110 valence electrons. The fourth-order valence-corrected chi connectivity index (χ4v) is 2.23. The minimum absolute atomic E-state index is 0.111. The zero-order valence-electron chi connectivity index (χ0n) is 12.2. The monoisotopic (exact) mass is 284 g/mol. The van der Waals surface area contributed by atoms with E-state index in [9.17, 15) is 9.90 Å². The lowest BCUT2D eigenvalue weighted by molar-refractivity contribution is 0.1000. The van der Waals surface area contributed by atoms with E-state index in [-0.39, 0.29) is 6.04 Å². The molecule has 0 saturated carbocycles. The fraction of sp³-hybridized carbons (Fsp3) is 0.235. The van der Waals surface area contributed by atoms with Gasteiger partial charge in [0, 0.05) is 11.6 Å². The molecule has 4 heteroatoms. The number of aryl methyl sites for hydroxylation is 1. The van der Waals surface area contributed by atoms with Crippen molar-refractivity contribution in [3.63, 3.8) is 0 Å². The first-order valence-corrected chi connectivity index (χ1v) is 6.88. The summed E-state index contributed by atoms with van der Waals surface area (Å²) >= 11 is 0. The number of nitrogens with two attached hydrogens (primary N) is 1. The fourth-order valence-electron chi connectivity index (χ4n) is 2.23. The lowest BCUT2D eigenvalue weighted by atomic mass is 10.0. The average molecular weight is 284 g/mol. The summed E-state index contributed by atoms with van der Waals surface area (Å²) in [5, 5.41) is 13.4. The zero-order chi connectivity index (χ0) is 15.4. The Hall–Kier alpha value is -2.17. The van der Waals surface area contributed by atoms with Gasteiger partial charge in [0.1, 0.15) is 6.23 Å². The summed E-state index contributed by atoms with van der Waals surface area (Å²) in [7, 11) is 0. The number of carbonyl (C=O) groups is 1. The van der Waals surface area contributed by atoms with Gasteiger partial charge in [-0.2, -0.15) is 0 Å². The quantitative estimate of drug-likeness (QED) is 0.738. The summed E-state index contributed by atoms with van der Waals surface area (Å²) in [4.78, 5) is 11.2. The Morgan fingerprint density at radius 2 is 1.81 bits per heavy atom. The number of carbonyl (C=O) groups excluding carboxylic acids is 1. The van der Waals surface area contributed by atoms with E-state index in [0.29, 0.717) is 5.56 Å². The van der Waals surface area contributed by atoms with E-state index < -0.39 is 12.1 Å². The first kappa shape index (κ1) is 15.2. The average Bonchev–Trinajstić information content (AvgIpc) is 2.47. The minimum Gasteiger partial charge on any atom is -0.374 e. The lowest BCUT2D eigenvalue weighted by Crippen LogP contribution is -2.24. The van der Waals surface area contributed by atoms with Crippen LogP contribution in [0.3, 0.4) is 0 Å². The molecule has 1 amide bonds. The topological polar surface area (TPSA) is 75.3 Å². The molecule has 4 N–H and O–H groups in total. The molecule has 4 nitrogen and oxygen atoms in total. The number of benzene rings is 2. The predicted molar refractivity (Wildman–Crippen MR) is 82.6 cm³/mol. The lowest BCUT2D eigenvalue weighted by Gasteiger charge is -2.20. The number of hydrogen-bond acceptors (Lipinski definition) is 3. The van der Waals surface area contributed by atoms with Gasteiger partial charge in [0.15, 0.2) is 0 Å². The number of nitrogens with one attached hydrogen (secondary N) is 1. The molecule has 2 aromatic rings. The van der Waals surface area contributed by atoms with Crippen LogP contribution in [0.4, 0.5) is 0 Å². The molecule has 0 saturated heterocycles. The summed E-state index contributed by atoms with van der Waals surface area (Å²) in [6.07, 6.45) is -0.767. The van der Waals surface area contributed by atoms with Crippen LogP contribution < -0.4 is 11.1 Å². The second-order valence-corrected chi connectivity index (χ2v) is 5.19. The first-order chi connectivity index (χ1) is 9.97. The maximum absolute atomic E-state index is 11.2. The van der Waals surface area contributed by atoms with Crippen molar-refractivity contribution in [2.45, 2.75) is 26.1 Å². The van der Waals surface area contributed by atoms with Gasteiger partial charge in [-0.15, -0.1) is 0 Å². The Kier molecular flexibility index (Phi) is 4.73. The van der Waals surface area contributed by atoms with Crippen molar-refractivity contribution < 1.29 is 9.90 Å². The third-order valence-electron chi connectivity index (χ3n) is 3.44. The van der Waals surface area contributed by atoms with Gasteiger partial charge < -0.3 is 10.8 Å². The van der Waals surface area contributed by atoms with E-state index in [1.165, 1.54) is 0 Å². The van der Waals surface area contributed by atoms with Crippen molar-refractivity contribution >= 4 is 5.91 Å². The van der Waals surface area contributed by atoms with Gasteiger partial charge >= 0.3 is 0 Å². The molecule has 0 aliphatic rings. The summed E-state index contributed by atoms with van der Waals surface area (Å²) < 4.78 is 0. The highest BCUT2D eigenvalue weighted by atomic mass is 16.3. The van der Waals surface area contributed by atoms with Crippen molar-refractivity contribution in [2.24, 2.45) is 5.73 Å². The molecular formula is C17H20N2O2. The van der Waals surface area contributed by atoms with Gasteiger partial charge in [0.05, 0.1) is 0 Å². The summed E-state index contributed by atoms with van der Waals surface area (Å²) in [6, 6.07) is 14.7. The van der Waals surface area contributed by atoms with Crippen molar-refractivity contribution in [3.8, 4) is 0 Å². The molecular weight excluding hydrogens is 264 g/mol. The Labute approximate surface area is 124 Å². The number of hydrogen-bond donors (Lipinski definition) is 3. The van der Waals surface area contributed by atoms with Gasteiger partial charge in [-0.3, -0.25) is 10.1 Å². The number of aliphatic hydroxyl groups excluding tert-OH is 1. The van der Waals surface area contributed by atoms with E-state index in [1.54, 1.807) is 18.2 Å². The third kappa shape index (κ3) is 3.90. The number of primary amides is 1. The van der Waals surface area contributed by atoms with Crippen molar-refractivity contribution in [3.05, 3.63) is 70.8 Å². The highest BCUT2D eigenvalue weighted by Crippen LogP contribution is 2.19. The molecule has 0 aliphatic carbocycles. The summed E-state index contributed by atoms with van der Waals surface area (Å²) in [6.45, 7) is 3.91. The van der Waals surface area contributed by atoms with Crippen LogP contribution in [0.15, 0.2) is 48.5 Å². The molecule has 0 aromatic heterocycles. The molecule has 2 atom stereocenters. The van der Waals surface area contributed by atoms with Crippen LogP contribution >= 0.6 is 0 Å². The van der Waals surface area contributed by atoms with Gasteiger partial charge in [0.25, 0.3) is 0 Å². The standard InChI is InChI=1S/C17H20N2O2/c1-11-5-3-8-15(9-11)17(21)19-12(2)13-6-4-7-14(10-13)16(18)20/h3-10,12,17,19,21H,1-2H3,(H2,18,20). The molecule has 0 radical (unpaired) electrons. The Balaban J connectivity index is 2.12. The third-order valence-corrected chi connectivity index (χ3v) is 3.44. The number of amides is 1. The predicted octanol–water partition coefficient (Wildman–Crippen LogP) is 2.44. The van der Waals surface area contributed by atoms with Crippen molar-refractivity contribution in [1.29, 1.82) is 0 Å². The van der Waals surface area contributed by atoms with Crippen LogP contribution in [0.1, 0.15) is 46.2 Å². The highest BCUT2D eigenvalue weighted by molar-refractivity contribution is 5.92. The number of rotatable bonds is 5. The van der Waals surface area contributed by atoms with E-state index >= 15 is 0 Å². The molecule has 0 bridgehead atoms. The second-order valence-electron chi connectivity index (χ2n) is 5.19. The van der Waals surface area contributed by atoms with Crippen LogP contribution in [0.25, 0.3) is 0 Å². The molecule has 2 aromatic carbocycles. The van der Waals surface area contributed by atoms with Gasteiger partial charge in [-0.05, 0) is 37.1 Å². The Morgan fingerprint density at radius 1 is 1.14 bits per heavy atom. The second kappa shape index (κ2) is 6.52. The van der Waals surface area contributed by atoms with E-state index in [2.05, 4.69) is 5.32 Å². The molecule has 0 heterocycles.